The molecule has 1 fully saturated rings. The number of alkyl halides is 1. The summed E-state index contributed by atoms with van der Waals surface area (Å²) in [7, 11) is 1.18. The highest BCUT2D eigenvalue weighted by atomic mass is 19.2. The van der Waals surface area contributed by atoms with Crippen LogP contribution in [0, 0.1) is 11.6 Å². The second-order valence-corrected chi connectivity index (χ2v) is 4.51. The maximum atomic E-state index is 13.7. The zero-order valence-electron chi connectivity index (χ0n) is 9.99. The Morgan fingerprint density at radius 3 is 2.68 bits per heavy atom. The van der Waals surface area contributed by atoms with Crippen LogP contribution in [0.5, 0.6) is 5.75 Å². The molecule has 1 aliphatic rings. The lowest BCUT2D eigenvalue weighted by molar-refractivity contribution is 0.373. The molecular weight excluding hydrogens is 259 g/mol. The molecule has 0 aliphatic heterocycles. The minimum absolute atomic E-state index is 0.0163. The molecule has 100 valence electrons. The summed E-state index contributed by atoms with van der Waals surface area (Å²) in [6.45, 7) is 0. The second-order valence-electron chi connectivity index (χ2n) is 4.51. The molecule has 0 unspecified atom stereocenters. The Morgan fingerprint density at radius 2 is 2.11 bits per heavy atom. The zero-order valence-corrected chi connectivity index (χ0v) is 9.99. The van der Waals surface area contributed by atoms with Crippen LogP contribution in [0.15, 0.2) is 23.1 Å². The fraction of sp³-hybridized carbons (Fsp3) is 0.308. The van der Waals surface area contributed by atoms with Gasteiger partial charge in [-0.15, -0.1) is 0 Å². The van der Waals surface area contributed by atoms with Gasteiger partial charge in [-0.05, 0) is 6.07 Å². The van der Waals surface area contributed by atoms with E-state index >= 15 is 0 Å². The van der Waals surface area contributed by atoms with E-state index in [4.69, 9.17) is 4.74 Å². The minimum atomic E-state index is -1.18. The van der Waals surface area contributed by atoms with Crippen LogP contribution in [-0.4, -0.2) is 17.8 Å². The molecule has 19 heavy (non-hydrogen) atoms. The molecule has 0 bridgehead atoms. The Labute approximate surface area is 106 Å². The molecule has 1 saturated carbocycles. The van der Waals surface area contributed by atoms with Gasteiger partial charge in [0.2, 0.25) is 5.82 Å². The average molecular weight is 269 g/mol. The highest BCUT2D eigenvalue weighted by Crippen LogP contribution is 2.42. The highest BCUT2D eigenvalue weighted by molar-refractivity contribution is 5.85. The molecule has 0 spiro atoms. The third kappa shape index (κ3) is 1.70. The smallest absolute Gasteiger partial charge is 0.202 e. The first-order valence-corrected chi connectivity index (χ1v) is 5.75. The maximum Gasteiger partial charge on any atom is 0.202 e. The highest BCUT2D eigenvalue weighted by Gasteiger charge is 2.40. The van der Waals surface area contributed by atoms with Crippen molar-refractivity contribution in [2.45, 2.75) is 18.6 Å². The maximum absolute atomic E-state index is 13.7. The lowest BCUT2D eigenvalue weighted by Crippen LogP contribution is -2.11. The minimum Gasteiger partial charge on any atom is -0.491 e. The molecular formula is C13H10F3NO2. The van der Waals surface area contributed by atoms with Gasteiger partial charge in [-0.3, -0.25) is 4.79 Å². The molecule has 0 saturated heterocycles. The Balaban J connectivity index is 2.43. The van der Waals surface area contributed by atoms with Gasteiger partial charge in [0, 0.05) is 18.7 Å². The third-order valence-electron chi connectivity index (χ3n) is 3.30. The molecule has 0 radical (unpaired) electrons. The van der Waals surface area contributed by atoms with E-state index in [2.05, 4.69) is 0 Å². The molecule has 1 aromatic carbocycles. The van der Waals surface area contributed by atoms with Crippen molar-refractivity contribution in [1.29, 1.82) is 0 Å². The van der Waals surface area contributed by atoms with Gasteiger partial charge in [0.1, 0.15) is 6.17 Å². The summed E-state index contributed by atoms with van der Waals surface area (Å²) < 4.78 is 46.6. The number of aromatic nitrogens is 1. The average Bonchev–Trinajstić information content (AvgIpc) is 3.09. The number of methoxy groups -OCH3 is 1. The Morgan fingerprint density at radius 1 is 1.42 bits per heavy atom. The van der Waals surface area contributed by atoms with Gasteiger partial charge in [0.05, 0.1) is 24.1 Å². The number of fused-ring (bicyclic) bond motifs is 1. The molecule has 1 aromatic heterocycles. The second kappa shape index (κ2) is 4.01. The van der Waals surface area contributed by atoms with E-state index in [1.807, 2.05) is 0 Å². The lowest BCUT2D eigenvalue weighted by atomic mass is 10.1. The Hall–Kier alpha value is -1.98. The van der Waals surface area contributed by atoms with Gasteiger partial charge in [0.15, 0.2) is 17.0 Å². The zero-order chi connectivity index (χ0) is 13.7. The Bertz CT molecular complexity index is 726. The lowest BCUT2D eigenvalue weighted by Gasteiger charge is -2.14. The van der Waals surface area contributed by atoms with E-state index in [0.29, 0.717) is 6.42 Å². The fourth-order valence-corrected chi connectivity index (χ4v) is 2.25. The summed E-state index contributed by atoms with van der Waals surface area (Å²) in [6, 6.07) is 1.58. The van der Waals surface area contributed by atoms with Gasteiger partial charge in [0.25, 0.3) is 0 Å². The summed E-state index contributed by atoms with van der Waals surface area (Å²) in [6.07, 6.45) is 0.637. The van der Waals surface area contributed by atoms with Crippen LogP contribution in [0.4, 0.5) is 13.2 Å². The van der Waals surface area contributed by atoms with E-state index in [1.54, 1.807) is 0 Å². The van der Waals surface area contributed by atoms with Crippen LogP contribution in [0.25, 0.3) is 10.9 Å². The molecule has 2 aromatic rings. The van der Waals surface area contributed by atoms with E-state index in [0.717, 1.165) is 6.07 Å². The molecule has 0 N–H and O–H groups in total. The van der Waals surface area contributed by atoms with Crippen molar-refractivity contribution >= 4 is 10.9 Å². The number of nitrogens with zero attached hydrogens (tertiary/aromatic N) is 1. The van der Waals surface area contributed by atoms with E-state index in [-0.39, 0.29) is 16.7 Å². The SMILES string of the molecule is COc1c(F)c(F)cc2c(=O)ccn([C@@H]3C[C@@H]3F)c12. The van der Waals surface area contributed by atoms with E-state index < -0.39 is 29.3 Å². The molecule has 1 aliphatic carbocycles. The first kappa shape index (κ1) is 12.1. The fourth-order valence-electron chi connectivity index (χ4n) is 2.25. The number of halogens is 3. The van der Waals surface area contributed by atoms with Crippen molar-refractivity contribution in [3.63, 3.8) is 0 Å². The largest absolute Gasteiger partial charge is 0.491 e. The van der Waals surface area contributed by atoms with Gasteiger partial charge < -0.3 is 9.30 Å². The summed E-state index contributed by atoms with van der Waals surface area (Å²) in [5.41, 5.74) is -0.362. The van der Waals surface area contributed by atoms with Crippen LogP contribution in [0.2, 0.25) is 0 Å². The summed E-state index contributed by atoms with van der Waals surface area (Å²) >= 11 is 0. The molecule has 0 amide bonds. The molecule has 6 heteroatoms. The summed E-state index contributed by atoms with van der Waals surface area (Å²) in [5.74, 6) is -2.70. The van der Waals surface area contributed by atoms with Crippen LogP contribution in [-0.2, 0) is 0 Å². The Kier molecular flexibility index (Phi) is 2.55. The number of hydrogen-bond acceptors (Lipinski definition) is 2. The predicted octanol–water partition coefficient (Wildman–Crippen LogP) is 2.57. The van der Waals surface area contributed by atoms with Crippen molar-refractivity contribution in [3.05, 3.63) is 40.2 Å². The number of hydrogen-bond donors (Lipinski definition) is 0. The van der Waals surface area contributed by atoms with Crippen molar-refractivity contribution in [1.82, 2.24) is 4.57 Å². The number of rotatable bonds is 2. The van der Waals surface area contributed by atoms with Crippen molar-refractivity contribution in [3.8, 4) is 5.75 Å². The molecule has 1 heterocycles. The van der Waals surface area contributed by atoms with Crippen LogP contribution < -0.4 is 10.2 Å². The van der Waals surface area contributed by atoms with Crippen molar-refractivity contribution in [2.75, 3.05) is 7.11 Å². The molecule has 2 atom stereocenters. The monoisotopic (exact) mass is 269 g/mol. The van der Waals surface area contributed by atoms with Crippen LogP contribution >= 0.6 is 0 Å². The number of pyridine rings is 1. The first-order valence-electron chi connectivity index (χ1n) is 5.75. The van der Waals surface area contributed by atoms with Crippen LogP contribution in [0.3, 0.4) is 0 Å². The third-order valence-corrected chi connectivity index (χ3v) is 3.30. The van der Waals surface area contributed by atoms with Gasteiger partial charge in [-0.1, -0.05) is 0 Å². The van der Waals surface area contributed by atoms with Gasteiger partial charge >= 0.3 is 0 Å². The standard InChI is InChI=1S/C13H10F3NO2/c1-19-13-11(16)8(15)4-6-10(18)2-3-17(12(6)13)9-5-7(9)14/h2-4,7,9H,5H2,1H3/t7-,9+/m0/s1. The van der Waals surface area contributed by atoms with Crippen LogP contribution in [0.1, 0.15) is 12.5 Å². The summed E-state index contributed by atoms with van der Waals surface area (Å²) in [5, 5.41) is -0.0163. The number of ether oxygens (including phenoxy) is 1. The van der Waals surface area contributed by atoms with E-state index in [1.165, 1.54) is 23.9 Å². The quantitative estimate of drug-likeness (QED) is 0.839. The van der Waals surface area contributed by atoms with Crippen molar-refractivity contribution in [2.24, 2.45) is 0 Å². The molecule has 3 rings (SSSR count). The molecule has 3 nitrogen and oxygen atoms in total. The summed E-state index contributed by atoms with van der Waals surface area (Å²) in [4.78, 5) is 11.7. The topological polar surface area (TPSA) is 31.2 Å². The predicted molar refractivity (Wildman–Crippen MR) is 63.2 cm³/mol. The first-order chi connectivity index (χ1) is 9.04. The normalized spacial score (nSPS) is 21.7. The number of benzene rings is 1. The van der Waals surface area contributed by atoms with E-state index in [9.17, 15) is 18.0 Å². The van der Waals surface area contributed by atoms with Gasteiger partial charge in [-0.2, -0.15) is 4.39 Å². The van der Waals surface area contributed by atoms with Crippen molar-refractivity contribution < 1.29 is 17.9 Å². The van der Waals surface area contributed by atoms with Gasteiger partial charge in [-0.25, -0.2) is 8.78 Å².